The van der Waals surface area contributed by atoms with Crippen LogP contribution < -0.4 is 36.3 Å². The molecule has 233 valence electrons. The first-order valence-corrected chi connectivity index (χ1v) is 19.9. The topological polar surface area (TPSA) is 24.5 Å². The summed E-state index contributed by atoms with van der Waals surface area (Å²) in [5, 5.41) is 6.87. The summed E-state index contributed by atoms with van der Waals surface area (Å²) in [6.07, 6.45) is 0. The maximum absolute atomic E-state index is 6.73. The van der Waals surface area contributed by atoms with Crippen LogP contribution in [0, 0.1) is 13.8 Å². The van der Waals surface area contributed by atoms with Gasteiger partial charge in [-0.05, 0) is 82.8 Å². The quantitative estimate of drug-likeness (QED) is 0.196. The summed E-state index contributed by atoms with van der Waals surface area (Å²) in [7, 11) is 0.521. The van der Waals surface area contributed by atoms with Crippen molar-refractivity contribution in [2.24, 2.45) is 0 Å². The van der Waals surface area contributed by atoms with Gasteiger partial charge in [0.1, 0.15) is 19.6 Å². The van der Waals surface area contributed by atoms with Crippen LogP contribution in [-0.4, -0.2) is 15.4 Å². The third-order valence-corrected chi connectivity index (χ3v) is 14.4. The number of hydrogen-bond acceptors (Lipinski definition) is 3. The van der Waals surface area contributed by atoms with Gasteiger partial charge in [0.25, 0.3) is 0 Å². The van der Waals surface area contributed by atoms with E-state index in [1.807, 2.05) is 0 Å². The van der Waals surface area contributed by atoms with Crippen LogP contribution in [0.25, 0.3) is 11.1 Å². The molecule has 3 nitrogen and oxygen atoms in total. The summed E-state index contributed by atoms with van der Waals surface area (Å²) < 4.78 is 6.73. The molecular formula is C43H38BN2OSi. The fourth-order valence-electron chi connectivity index (χ4n) is 8.31. The number of para-hydroxylation sites is 4. The highest BCUT2D eigenvalue weighted by Crippen LogP contribution is 2.51. The van der Waals surface area contributed by atoms with Crippen molar-refractivity contribution < 1.29 is 4.74 Å². The molecule has 48 heavy (non-hydrogen) atoms. The third-order valence-electron chi connectivity index (χ3n) is 10.9. The Hall–Kier alpha value is -5.00. The molecule has 0 fully saturated rings. The van der Waals surface area contributed by atoms with Crippen molar-refractivity contribution in [1.82, 2.24) is 0 Å². The van der Waals surface area contributed by atoms with Gasteiger partial charge in [-0.3, -0.25) is 0 Å². The lowest BCUT2D eigenvalue weighted by molar-refractivity contribution is 0.418. The Balaban J connectivity index is 1.31. The SMILES string of the molecule is Cc1cc(-c2cc3c(cc2Nc2ccccc2C)C(C)(C)c2ccccc2O3)c2c(c1)N1c3ccccc3[Si](C)(C)c3cccc(c31)[B]2. The molecule has 9 rings (SSSR count). The van der Waals surface area contributed by atoms with Crippen LogP contribution in [0.4, 0.5) is 28.4 Å². The predicted octanol–water partition coefficient (Wildman–Crippen LogP) is 8.72. The van der Waals surface area contributed by atoms with E-state index in [0.29, 0.717) is 0 Å². The Kier molecular flexibility index (Phi) is 6.23. The molecular weight excluding hydrogens is 599 g/mol. The van der Waals surface area contributed by atoms with E-state index in [4.69, 9.17) is 4.74 Å². The first-order chi connectivity index (χ1) is 23.1. The average molecular weight is 638 g/mol. The van der Waals surface area contributed by atoms with E-state index in [-0.39, 0.29) is 5.41 Å². The molecule has 1 radical (unpaired) electrons. The first-order valence-electron chi connectivity index (χ1n) is 16.9. The van der Waals surface area contributed by atoms with E-state index in [9.17, 15) is 0 Å². The van der Waals surface area contributed by atoms with Crippen LogP contribution in [0.2, 0.25) is 13.1 Å². The van der Waals surface area contributed by atoms with E-state index in [1.54, 1.807) is 0 Å². The third kappa shape index (κ3) is 4.13. The second-order valence-corrected chi connectivity index (χ2v) is 19.0. The van der Waals surface area contributed by atoms with Crippen LogP contribution in [-0.2, 0) is 5.41 Å². The smallest absolute Gasteiger partial charge is 0.197 e. The minimum absolute atomic E-state index is 0.230. The zero-order chi connectivity index (χ0) is 32.9. The van der Waals surface area contributed by atoms with Crippen LogP contribution in [0.1, 0.15) is 36.1 Å². The Morgan fingerprint density at radius 1 is 0.667 bits per heavy atom. The molecule has 6 aromatic rings. The van der Waals surface area contributed by atoms with Gasteiger partial charge in [-0.2, -0.15) is 0 Å². The van der Waals surface area contributed by atoms with Gasteiger partial charge in [0.05, 0.1) is 0 Å². The van der Waals surface area contributed by atoms with Crippen molar-refractivity contribution in [3.05, 3.63) is 138 Å². The number of rotatable bonds is 3. The monoisotopic (exact) mass is 637 g/mol. The Bertz CT molecular complexity index is 2320. The zero-order valence-corrected chi connectivity index (χ0v) is 29.4. The fourth-order valence-corrected chi connectivity index (χ4v) is 11.3. The molecule has 1 N–H and O–H groups in total. The molecule has 6 aromatic carbocycles. The average Bonchev–Trinajstić information content (AvgIpc) is 3.07. The van der Waals surface area contributed by atoms with E-state index in [0.717, 1.165) is 28.4 Å². The molecule has 0 aromatic heterocycles. The standard InChI is InChI=1S/C43H38BN2OSi/c1-26-22-29(41-36(23-26)46-35-18-10-12-20-39(35)48(5,6)40-21-13-16-32(44-41)42(40)46)28-24-38-31(25-34(28)45-33-17-9-7-14-27(33)2)43(3,4)30-15-8-11-19-37(30)47-38/h7-25,45H,1-6H3. The second-order valence-electron chi connectivity index (χ2n) is 14.7. The van der Waals surface area contributed by atoms with E-state index in [1.165, 1.54) is 66.2 Å². The second kappa shape index (κ2) is 10.2. The van der Waals surface area contributed by atoms with Crippen molar-refractivity contribution in [3.8, 4) is 22.6 Å². The molecule has 0 atom stereocenters. The van der Waals surface area contributed by atoms with E-state index < -0.39 is 8.07 Å². The lowest BCUT2D eigenvalue weighted by Gasteiger charge is -2.45. The van der Waals surface area contributed by atoms with Crippen LogP contribution in [0.3, 0.4) is 0 Å². The van der Waals surface area contributed by atoms with Gasteiger partial charge in [0.15, 0.2) is 7.28 Å². The van der Waals surface area contributed by atoms with Gasteiger partial charge < -0.3 is 15.0 Å². The molecule has 3 aliphatic rings. The number of nitrogens with one attached hydrogen (secondary N) is 1. The van der Waals surface area contributed by atoms with Gasteiger partial charge >= 0.3 is 0 Å². The molecule has 0 saturated heterocycles. The minimum Gasteiger partial charge on any atom is -0.457 e. The number of anilines is 5. The molecule has 0 spiro atoms. The van der Waals surface area contributed by atoms with E-state index >= 15 is 0 Å². The van der Waals surface area contributed by atoms with Gasteiger partial charge in [0.2, 0.25) is 0 Å². The normalized spacial score (nSPS) is 15.5. The molecule has 0 unspecified atom stereocenters. The summed E-state index contributed by atoms with van der Waals surface area (Å²) in [5.41, 5.74) is 15.5. The molecule has 3 aliphatic heterocycles. The number of hydrogen-bond donors (Lipinski definition) is 1. The van der Waals surface area contributed by atoms with E-state index in [2.05, 4.69) is 174 Å². The largest absolute Gasteiger partial charge is 0.457 e. The molecule has 3 heterocycles. The highest BCUT2D eigenvalue weighted by atomic mass is 28.3. The minimum atomic E-state index is -1.90. The zero-order valence-electron chi connectivity index (χ0n) is 28.4. The van der Waals surface area contributed by atoms with Gasteiger partial charge in [-0.15, -0.1) is 0 Å². The van der Waals surface area contributed by atoms with Crippen LogP contribution in [0.15, 0.2) is 115 Å². The number of aryl methyl sites for hydroxylation is 2. The Labute approximate surface area is 285 Å². The lowest BCUT2D eigenvalue weighted by Crippen LogP contribution is -2.62. The van der Waals surface area contributed by atoms with Gasteiger partial charge in [-0.1, -0.05) is 111 Å². The molecule has 0 aliphatic carbocycles. The van der Waals surface area contributed by atoms with Crippen molar-refractivity contribution >= 4 is 65.1 Å². The maximum Gasteiger partial charge on any atom is 0.197 e. The highest BCUT2D eigenvalue weighted by Gasteiger charge is 2.42. The summed E-state index contributed by atoms with van der Waals surface area (Å²) in [4.78, 5) is 2.55. The molecule has 5 heteroatoms. The highest BCUT2D eigenvalue weighted by molar-refractivity contribution is 7.03. The molecule has 0 amide bonds. The van der Waals surface area contributed by atoms with Crippen LogP contribution >= 0.6 is 0 Å². The number of nitrogens with zero attached hydrogens (tertiary/aromatic N) is 1. The predicted molar refractivity (Wildman–Crippen MR) is 206 cm³/mol. The summed E-state index contributed by atoms with van der Waals surface area (Å²) in [6, 6.07) is 42.3. The first kappa shape index (κ1) is 29.2. The van der Waals surface area contributed by atoms with Crippen molar-refractivity contribution in [1.29, 1.82) is 0 Å². The Morgan fingerprint density at radius 2 is 1.42 bits per heavy atom. The van der Waals surface area contributed by atoms with Gasteiger partial charge in [0, 0.05) is 50.5 Å². The van der Waals surface area contributed by atoms with Crippen LogP contribution in [0.5, 0.6) is 11.5 Å². The molecule has 0 bridgehead atoms. The van der Waals surface area contributed by atoms with Gasteiger partial charge in [-0.25, -0.2) is 0 Å². The van der Waals surface area contributed by atoms with Crippen molar-refractivity contribution in [3.63, 3.8) is 0 Å². The number of fused-ring (bicyclic) bond motifs is 6. The number of ether oxygens (including phenoxy) is 1. The summed E-state index contributed by atoms with van der Waals surface area (Å²) in [5.74, 6) is 1.84. The summed E-state index contributed by atoms with van der Waals surface area (Å²) >= 11 is 0. The number of benzene rings is 6. The molecule has 0 saturated carbocycles. The maximum atomic E-state index is 6.73. The lowest BCUT2D eigenvalue weighted by atomic mass is 9.58. The Morgan fingerprint density at radius 3 is 2.27 bits per heavy atom. The van der Waals surface area contributed by atoms with Crippen molar-refractivity contribution in [2.45, 2.75) is 46.2 Å². The summed E-state index contributed by atoms with van der Waals surface area (Å²) in [6.45, 7) is 14.0. The van der Waals surface area contributed by atoms with Crippen molar-refractivity contribution in [2.75, 3.05) is 10.2 Å². The fraction of sp³-hybridized carbons (Fsp3) is 0.163.